The van der Waals surface area contributed by atoms with Gasteiger partial charge in [0, 0.05) is 13.0 Å². The molecule has 0 aromatic heterocycles. The van der Waals surface area contributed by atoms with E-state index >= 15 is 0 Å². The van der Waals surface area contributed by atoms with E-state index in [1.807, 2.05) is 25.1 Å². The molecule has 0 N–H and O–H groups in total. The molecule has 1 fully saturated rings. The van der Waals surface area contributed by atoms with E-state index in [0.717, 1.165) is 25.1 Å². The van der Waals surface area contributed by atoms with E-state index in [0.29, 0.717) is 24.5 Å². The van der Waals surface area contributed by atoms with Crippen LogP contribution in [-0.4, -0.2) is 25.8 Å². The third-order valence-corrected chi connectivity index (χ3v) is 2.96. The summed E-state index contributed by atoms with van der Waals surface area (Å²) in [6.07, 6.45) is 2.43. The zero-order valence-corrected chi connectivity index (χ0v) is 10.7. The molecule has 1 aromatic carbocycles. The summed E-state index contributed by atoms with van der Waals surface area (Å²) in [5, 5.41) is 0. The molecule has 4 heteroatoms. The van der Waals surface area contributed by atoms with Gasteiger partial charge >= 0.3 is 0 Å². The molecule has 0 saturated carbocycles. The van der Waals surface area contributed by atoms with E-state index in [9.17, 15) is 4.79 Å². The van der Waals surface area contributed by atoms with Crippen LogP contribution in [0.1, 0.15) is 26.2 Å². The van der Waals surface area contributed by atoms with Gasteiger partial charge in [-0.15, -0.1) is 0 Å². The van der Waals surface area contributed by atoms with Gasteiger partial charge in [-0.3, -0.25) is 9.79 Å². The number of benzene rings is 1. The number of hydrogen-bond acceptors (Lipinski definition) is 3. The summed E-state index contributed by atoms with van der Waals surface area (Å²) in [5.74, 6) is 0.821. The van der Waals surface area contributed by atoms with Crippen LogP contribution >= 0.6 is 0 Å². The number of amides is 1. The molecule has 4 nitrogen and oxygen atoms in total. The average molecular weight is 246 g/mol. The summed E-state index contributed by atoms with van der Waals surface area (Å²) in [6, 6.07) is 5.63. The smallest absolute Gasteiger partial charge is 0.227 e. The summed E-state index contributed by atoms with van der Waals surface area (Å²) < 4.78 is 5.74. The normalized spacial score (nSPS) is 14.9. The van der Waals surface area contributed by atoms with Crippen LogP contribution in [-0.2, 0) is 4.79 Å². The van der Waals surface area contributed by atoms with Crippen LogP contribution in [0, 0.1) is 0 Å². The number of ether oxygens (including phenoxy) is 1. The number of hydrogen-bond donors (Lipinski definition) is 0. The van der Waals surface area contributed by atoms with Crippen molar-refractivity contribution in [2.24, 2.45) is 4.99 Å². The lowest BCUT2D eigenvalue weighted by Gasteiger charge is -2.20. The first kappa shape index (κ1) is 12.6. The Kier molecular flexibility index (Phi) is 3.97. The van der Waals surface area contributed by atoms with Gasteiger partial charge < -0.3 is 9.64 Å². The van der Waals surface area contributed by atoms with Gasteiger partial charge in [0.15, 0.2) is 5.75 Å². The predicted molar refractivity (Wildman–Crippen MR) is 73.0 cm³/mol. The van der Waals surface area contributed by atoms with Gasteiger partial charge in [0.1, 0.15) is 5.69 Å². The van der Waals surface area contributed by atoms with Gasteiger partial charge in [0.25, 0.3) is 0 Å². The molecule has 0 unspecified atom stereocenters. The molecule has 96 valence electrons. The Morgan fingerprint density at radius 3 is 2.94 bits per heavy atom. The number of para-hydroxylation sites is 1. The fourth-order valence-corrected chi connectivity index (χ4v) is 2.10. The van der Waals surface area contributed by atoms with Crippen molar-refractivity contribution >= 4 is 24.0 Å². The Morgan fingerprint density at radius 1 is 1.50 bits per heavy atom. The summed E-state index contributed by atoms with van der Waals surface area (Å²) in [4.78, 5) is 17.6. The van der Waals surface area contributed by atoms with Gasteiger partial charge in [-0.25, -0.2) is 0 Å². The molecule has 0 bridgehead atoms. The lowest BCUT2D eigenvalue weighted by atomic mass is 10.2. The first-order valence-electron chi connectivity index (χ1n) is 6.30. The Hall–Kier alpha value is -1.84. The quantitative estimate of drug-likeness (QED) is 0.749. The maximum absolute atomic E-state index is 11.8. The second-order valence-electron chi connectivity index (χ2n) is 4.28. The molecule has 1 aliphatic rings. The zero-order valence-electron chi connectivity index (χ0n) is 10.7. The first-order chi connectivity index (χ1) is 8.77. The Morgan fingerprint density at radius 2 is 2.33 bits per heavy atom. The van der Waals surface area contributed by atoms with E-state index in [4.69, 9.17) is 4.74 Å². The maximum atomic E-state index is 11.8. The van der Waals surface area contributed by atoms with Crippen molar-refractivity contribution in [2.45, 2.75) is 26.2 Å². The molecule has 1 aliphatic heterocycles. The molecule has 0 radical (unpaired) electrons. The molecular weight excluding hydrogens is 228 g/mol. The summed E-state index contributed by atoms with van der Waals surface area (Å²) in [5.41, 5.74) is 1.51. The number of carbonyl (C=O) groups is 1. The first-order valence-corrected chi connectivity index (χ1v) is 6.30. The lowest BCUT2D eigenvalue weighted by molar-refractivity contribution is -0.117. The number of aliphatic imine (C=N–C) groups is 1. The van der Waals surface area contributed by atoms with Crippen LogP contribution in [0.2, 0.25) is 0 Å². The van der Waals surface area contributed by atoms with Crippen LogP contribution < -0.4 is 9.64 Å². The van der Waals surface area contributed by atoms with Crippen molar-refractivity contribution in [1.82, 2.24) is 0 Å². The van der Waals surface area contributed by atoms with Gasteiger partial charge in [0.2, 0.25) is 5.91 Å². The Labute approximate surface area is 107 Å². The van der Waals surface area contributed by atoms with Crippen molar-refractivity contribution in [3.8, 4) is 5.75 Å². The third-order valence-electron chi connectivity index (χ3n) is 2.96. The minimum atomic E-state index is 0.151. The lowest BCUT2D eigenvalue weighted by Crippen LogP contribution is -2.24. The second kappa shape index (κ2) is 5.67. The van der Waals surface area contributed by atoms with Crippen LogP contribution in [0.25, 0.3) is 0 Å². The molecule has 1 aromatic rings. The van der Waals surface area contributed by atoms with E-state index in [2.05, 4.69) is 11.7 Å². The van der Waals surface area contributed by atoms with Crippen LogP contribution in [0.4, 0.5) is 11.4 Å². The Bertz CT molecular complexity index is 457. The largest absolute Gasteiger partial charge is 0.489 e. The van der Waals surface area contributed by atoms with Crippen molar-refractivity contribution in [3.05, 3.63) is 18.2 Å². The minimum Gasteiger partial charge on any atom is -0.489 e. The number of anilines is 1. The van der Waals surface area contributed by atoms with Crippen LogP contribution in [0.15, 0.2) is 23.2 Å². The highest BCUT2D eigenvalue weighted by Crippen LogP contribution is 2.39. The second-order valence-corrected chi connectivity index (χ2v) is 4.28. The topological polar surface area (TPSA) is 41.9 Å². The van der Waals surface area contributed by atoms with Crippen molar-refractivity contribution < 1.29 is 9.53 Å². The van der Waals surface area contributed by atoms with Gasteiger partial charge in [-0.05, 0) is 31.7 Å². The van der Waals surface area contributed by atoms with Crippen LogP contribution in [0.5, 0.6) is 5.75 Å². The number of carbonyl (C=O) groups excluding carboxylic acids is 1. The SMILES string of the molecule is C=Nc1cccc(N2CCCC2=O)c1OCCC. The molecule has 0 spiro atoms. The van der Waals surface area contributed by atoms with Crippen molar-refractivity contribution in [2.75, 3.05) is 18.1 Å². The van der Waals surface area contributed by atoms with Gasteiger partial charge in [0.05, 0.1) is 12.3 Å². The number of rotatable bonds is 5. The van der Waals surface area contributed by atoms with Gasteiger partial charge in [-0.1, -0.05) is 13.0 Å². The number of nitrogens with zero attached hydrogens (tertiary/aromatic N) is 2. The average Bonchev–Trinajstić information content (AvgIpc) is 2.82. The fraction of sp³-hybridized carbons (Fsp3) is 0.429. The predicted octanol–water partition coefficient (Wildman–Crippen LogP) is 2.93. The maximum Gasteiger partial charge on any atom is 0.227 e. The molecule has 1 saturated heterocycles. The molecule has 0 atom stereocenters. The molecular formula is C14H18N2O2. The summed E-state index contributed by atoms with van der Waals surface area (Å²) in [6.45, 7) is 6.96. The molecule has 1 heterocycles. The van der Waals surface area contributed by atoms with Crippen molar-refractivity contribution in [1.29, 1.82) is 0 Å². The van der Waals surface area contributed by atoms with Gasteiger partial charge in [-0.2, -0.15) is 0 Å². The van der Waals surface area contributed by atoms with Crippen LogP contribution in [0.3, 0.4) is 0 Å². The highest BCUT2D eigenvalue weighted by atomic mass is 16.5. The molecule has 0 aliphatic carbocycles. The molecule has 2 rings (SSSR count). The molecule has 1 amide bonds. The van der Waals surface area contributed by atoms with E-state index < -0.39 is 0 Å². The fourth-order valence-electron chi connectivity index (χ4n) is 2.10. The highest BCUT2D eigenvalue weighted by molar-refractivity contribution is 5.97. The monoisotopic (exact) mass is 246 g/mol. The third kappa shape index (κ3) is 2.37. The standard InChI is InChI=1S/C14H18N2O2/c1-3-10-18-14-11(15-2)6-4-7-12(14)16-9-5-8-13(16)17/h4,6-7H,2-3,5,8-10H2,1H3. The summed E-state index contributed by atoms with van der Waals surface area (Å²) in [7, 11) is 0. The minimum absolute atomic E-state index is 0.151. The van der Waals surface area contributed by atoms with E-state index in [1.165, 1.54) is 0 Å². The van der Waals surface area contributed by atoms with E-state index in [1.54, 1.807) is 4.90 Å². The van der Waals surface area contributed by atoms with E-state index in [-0.39, 0.29) is 5.91 Å². The highest BCUT2D eigenvalue weighted by Gasteiger charge is 2.25. The Balaban J connectivity index is 2.38. The molecule has 18 heavy (non-hydrogen) atoms. The zero-order chi connectivity index (χ0) is 13.0. The van der Waals surface area contributed by atoms with Crippen molar-refractivity contribution in [3.63, 3.8) is 0 Å². The summed E-state index contributed by atoms with van der Waals surface area (Å²) >= 11 is 0.